The number of nitrogens with one attached hydrogen (secondary N) is 1. The van der Waals surface area contributed by atoms with Crippen molar-refractivity contribution in [1.29, 1.82) is 0 Å². The summed E-state index contributed by atoms with van der Waals surface area (Å²) < 4.78 is 9.87. The first-order valence-electron chi connectivity index (χ1n) is 6.57. The predicted octanol–water partition coefficient (Wildman–Crippen LogP) is 2.75. The van der Waals surface area contributed by atoms with Crippen molar-refractivity contribution < 1.29 is 19.2 Å². The average Bonchev–Trinajstić information content (AvgIpc) is 2.46. The molecule has 0 saturated carbocycles. The van der Waals surface area contributed by atoms with Crippen LogP contribution in [-0.2, 0) is 9.53 Å². The molecule has 0 heterocycles. The van der Waals surface area contributed by atoms with Gasteiger partial charge in [0.1, 0.15) is 17.0 Å². The lowest BCUT2D eigenvalue weighted by Gasteiger charge is -2.28. The van der Waals surface area contributed by atoms with E-state index in [1.807, 2.05) is 6.92 Å². The van der Waals surface area contributed by atoms with Gasteiger partial charge in [-0.05, 0) is 19.4 Å². The van der Waals surface area contributed by atoms with Crippen molar-refractivity contribution in [3.8, 4) is 5.75 Å². The summed E-state index contributed by atoms with van der Waals surface area (Å²) >= 11 is 0. The predicted molar refractivity (Wildman–Crippen MR) is 78.6 cm³/mol. The van der Waals surface area contributed by atoms with Crippen molar-refractivity contribution in [2.45, 2.75) is 32.2 Å². The second-order valence-electron chi connectivity index (χ2n) is 4.84. The summed E-state index contributed by atoms with van der Waals surface area (Å²) in [6.07, 6.45) is 1.20. The molecule has 0 aliphatic rings. The Morgan fingerprint density at radius 1 is 1.43 bits per heavy atom. The van der Waals surface area contributed by atoms with E-state index in [4.69, 9.17) is 9.47 Å². The molecule has 7 heteroatoms. The largest absolute Gasteiger partial charge is 0.497 e. The first kappa shape index (κ1) is 16.7. The van der Waals surface area contributed by atoms with E-state index < -0.39 is 16.4 Å². The van der Waals surface area contributed by atoms with Crippen LogP contribution in [0.5, 0.6) is 5.75 Å². The van der Waals surface area contributed by atoms with Gasteiger partial charge in [0.15, 0.2) is 0 Å². The smallest absolute Gasteiger partial charge is 0.331 e. The normalized spacial score (nSPS) is 13.1. The molecule has 7 nitrogen and oxygen atoms in total. The van der Waals surface area contributed by atoms with Crippen LogP contribution >= 0.6 is 0 Å². The van der Waals surface area contributed by atoms with Crippen LogP contribution in [0.3, 0.4) is 0 Å². The Bertz CT molecular complexity index is 532. The summed E-state index contributed by atoms with van der Waals surface area (Å²) in [5.41, 5.74) is -0.941. The van der Waals surface area contributed by atoms with E-state index in [-0.39, 0.29) is 11.4 Å². The van der Waals surface area contributed by atoms with Crippen LogP contribution in [0.4, 0.5) is 11.4 Å². The standard InChI is InChI=1S/C14H20N2O5/c1-5-8-14(2,13(17)21-4)15-11-9-10(20-3)6-7-12(11)16(18)19/h6-7,9,15H,5,8H2,1-4H3. The molecular weight excluding hydrogens is 276 g/mol. The third kappa shape index (κ3) is 3.84. The van der Waals surface area contributed by atoms with Crippen molar-refractivity contribution >= 4 is 17.3 Å². The van der Waals surface area contributed by atoms with Crippen LogP contribution < -0.4 is 10.1 Å². The van der Waals surface area contributed by atoms with E-state index >= 15 is 0 Å². The molecule has 0 fully saturated rings. The molecule has 1 N–H and O–H groups in total. The number of nitro benzene ring substituents is 1. The molecule has 1 aromatic rings. The van der Waals surface area contributed by atoms with Gasteiger partial charge in [0.25, 0.3) is 5.69 Å². The number of nitro groups is 1. The zero-order valence-electron chi connectivity index (χ0n) is 12.6. The first-order valence-corrected chi connectivity index (χ1v) is 6.57. The summed E-state index contributed by atoms with van der Waals surface area (Å²) in [5.74, 6) is -0.00622. The highest BCUT2D eigenvalue weighted by Gasteiger charge is 2.35. The van der Waals surface area contributed by atoms with Gasteiger partial charge in [0.05, 0.1) is 19.1 Å². The minimum Gasteiger partial charge on any atom is -0.497 e. The molecule has 0 radical (unpaired) electrons. The van der Waals surface area contributed by atoms with Crippen molar-refractivity contribution in [2.24, 2.45) is 0 Å². The molecular formula is C14H20N2O5. The summed E-state index contributed by atoms with van der Waals surface area (Å²) in [5, 5.41) is 14.0. The molecule has 0 amide bonds. The highest BCUT2D eigenvalue weighted by Crippen LogP contribution is 2.32. The van der Waals surface area contributed by atoms with Crippen LogP contribution in [0.1, 0.15) is 26.7 Å². The van der Waals surface area contributed by atoms with Crippen molar-refractivity contribution in [3.05, 3.63) is 28.3 Å². The van der Waals surface area contributed by atoms with Crippen LogP contribution in [0.2, 0.25) is 0 Å². The fourth-order valence-corrected chi connectivity index (χ4v) is 2.14. The molecule has 0 aliphatic heterocycles. The van der Waals surface area contributed by atoms with E-state index in [1.54, 1.807) is 6.92 Å². The van der Waals surface area contributed by atoms with E-state index in [0.29, 0.717) is 12.2 Å². The SMILES string of the molecule is CCCC(C)(Nc1cc(OC)ccc1[N+](=O)[O-])C(=O)OC. The Hall–Kier alpha value is -2.31. The number of anilines is 1. The molecule has 1 unspecified atom stereocenters. The number of carbonyl (C=O) groups excluding carboxylic acids is 1. The third-order valence-electron chi connectivity index (χ3n) is 3.20. The number of hydrogen-bond acceptors (Lipinski definition) is 6. The Balaban J connectivity index is 3.24. The van der Waals surface area contributed by atoms with Crippen LogP contribution in [-0.4, -0.2) is 30.7 Å². The zero-order chi connectivity index (χ0) is 16.0. The number of nitrogens with zero attached hydrogens (tertiary/aromatic N) is 1. The lowest BCUT2D eigenvalue weighted by Crippen LogP contribution is -2.44. The van der Waals surface area contributed by atoms with Crippen molar-refractivity contribution in [3.63, 3.8) is 0 Å². The molecule has 0 aromatic heterocycles. The van der Waals surface area contributed by atoms with Crippen LogP contribution in [0.25, 0.3) is 0 Å². The number of methoxy groups -OCH3 is 2. The zero-order valence-corrected chi connectivity index (χ0v) is 12.6. The first-order chi connectivity index (χ1) is 9.87. The Kier molecular flexibility index (Phi) is 5.52. The number of esters is 1. The summed E-state index contributed by atoms with van der Waals surface area (Å²) in [6, 6.07) is 4.33. The van der Waals surface area contributed by atoms with Gasteiger partial charge < -0.3 is 14.8 Å². The van der Waals surface area contributed by atoms with Gasteiger partial charge in [-0.2, -0.15) is 0 Å². The number of benzene rings is 1. The monoisotopic (exact) mass is 296 g/mol. The minimum absolute atomic E-state index is 0.123. The second kappa shape index (κ2) is 6.92. The highest BCUT2D eigenvalue weighted by molar-refractivity contribution is 5.85. The molecule has 1 aromatic carbocycles. The number of rotatable bonds is 7. The third-order valence-corrected chi connectivity index (χ3v) is 3.20. The van der Waals surface area contributed by atoms with Gasteiger partial charge in [-0.1, -0.05) is 13.3 Å². The van der Waals surface area contributed by atoms with E-state index in [1.165, 1.54) is 32.4 Å². The van der Waals surface area contributed by atoms with Gasteiger partial charge in [-0.15, -0.1) is 0 Å². The topological polar surface area (TPSA) is 90.7 Å². The highest BCUT2D eigenvalue weighted by atomic mass is 16.6. The quantitative estimate of drug-likeness (QED) is 0.472. The maximum atomic E-state index is 12.0. The molecule has 1 rings (SSSR count). The van der Waals surface area contributed by atoms with Gasteiger partial charge in [0, 0.05) is 12.1 Å². The maximum Gasteiger partial charge on any atom is 0.331 e. The van der Waals surface area contributed by atoms with Crippen molar-refractivity contribution in [2.75, 3.05) is 19.5 Å². The van der Waals surface area contributed by atoms with E-state index in [2.05, 4.69) is 5.32 Å². The number of ether oxygens (including phenoxy) is 2. The number of carbonyl (C=O) groups is 1. The van der Waals surface area contributed by atoms with E-state index in [0.717, 1.165) is 6.42 Å². The van der Waals surface area contributed by atoms with Gasteiger partial charge in [-0.25, -0.2) is 4.79 Å². The maximum absolute atomic E-state index is 12.0. The lowest BCUT2D eigenvalue weighted by atomic mass is 9.95. The average molecular weight is 296 g/mol. The summed E-state index contributed by atoms with van der Waals surface area (Å²) in [7, 11) is 2.76. The molecule has 0 bridgehead atoms. The fraction of sp³-hybridized carbons (Fsp3) is 0.500. The van der Waals surface area contributed by atoms with Gasteiger partial charge in [0.2, 0.25) is 0 Å². The van der Waals surface area contributed by atoms with Gasteiger partial charge >= 0.3 is 5.97 Å². The Labute approximate surface area is 123 Å². The lowest BCUT2D eigenvalue weighted by molar-refractivity contribution is -0.384. The number of hydrogen-bond donors (Lipinski definition) is 1. The van der Waals surface area contributed by atoms with Crippen molar-refractivity contribution in [1.82, 2.24) is 0 Å². The second-order valence-corrected chi connectivity index (χ2v) is 4.84. The van der Waals surface area contributed by atoms with E-state index in [9.17, 15) is 14.9 Å². The summed E-state index contributed by atoms with van der Waals surface area (Å²) in [6.45, 7) is 3.58. The van der Waals surface area contributed by atoms with Crippen LogP contribution in [0.15, 0.2) is 18.2 Å². The minimum atomic E-state index is -1.04. The molecule has 116 valence electrons. The van der Waals surface area contributed by atoms with Crippen LogP contribution in [0, 0.1) is 10.1 Å². The molecule has 0 aliphatic carbocycles. The molecule has 0 saturated heterocycles. The Morgan fingerprint density at radius 2 is 2.10 bits per heavy atom. The Morgan fingerprint density at radius 3 is 2.57 bits per heavy atom. The molecule has 1 atom stereocenters. The molecule has 0 spiro atoms. The molecule has 21 heavy (non-hydrogen) atoms. The van der Waals surface area contributed by atoms with Gasteiger partial charge in [-0.3, -0.25) is 10.1 Å². The summed E-state index contributed by atoms with van der Waals surface area (Å²) in [4.78, 5) is 22.6. The fourth-order valence-electron chi connectivity index (χ4n) is 2.14.